The summed E-state index contributed by atoms with van der Waals surface area (Å²) in [5.41, 5.74) is 1.15. The number of para-hydroxylation sites is 1. The molecule has 0 aliphatic carbocycles. The van der Waals surface area contributed by atoms with Crippen LogP contribution in [0, 0.1) is 5.92 Å². The quantitative estimate of drug-likeness (QED) is 0.892. The predicted molar refractivity (Wildman–Crippen MR) is 89.5 cm³/mol. The van der Waals surface area contributed by atoms with Gasteiger partial charge in [-0.25, -0.2) is 9.48 Å². The van der Waals surface area contributed by atoms with Gasteiger partial charge in [0.25, 0.3) is 0 Å². The number of aliphatic carboxylic acids is 1. The Labute approximate surface area is 143 Å². The minimum Gasteiger partial charge on any atom is -0.481 e. The van der Waals surface area contributed by atoms with Crippen LogP contribution in [-0.4, -0.2) is 44.9 Å². The summed E-state index contributed by atoms with van der Waals surface area (Å²) in [7, 11) is 0. The molecule has 0 radical (unpaired) electrons. The second kappa shape index (κ2) is 6.92. The summed E-state index contributed by atoms with van der Waals surface area (Å²) in [5, 5.41) is 16.5. The summed E-state index contributed by atoms with van der Waals surface area (Å²) < 4.78 is 1.59. The van der Waals surface area contributed by atoms with Crippen LogP contribution < -0.4 is 5.32 Å². The number of urea groups is 1. The standard InChI is InChI=1S/C16H17ClN4O3/c17-12-3-1-4-13(14(12)21-8-2-7-18-21)19-16(24)20-9-5-11(6-10-20)15(22)23/h1-4,7-8,11H,5-6,9-10H2,(H,19,24)(H,22,23). The number of nitrogens with one attached hydrogen (secondary N) is 1. The summed E-state index contributed by atoms with van der Waals surface area (Å²) in [4.78, 5) is 25.1. The first-order chi connectivity index (χ1) is 11.6. The minimum atomic E-state index is -0.800. The lowest BCUT2D eigenvalue weighted by Gasteiger charge is -2.30. The van der Waals surface area contributed by atoms with Crippen molar-refractivity contribution in [2.45, 2.75) is 12.8 Å². The predicted octanol–water partition coefficient (Wildman–Crippen LogP) is 2.85. The summed E-state index contributed by atoms with van der Waals surface area (Å²) in [6.07, 6.45) is 4.30. The molecule has 2 amide bonds. The van der Waals surface area contributed by atoms with Crippen LogP contribution in [0.25, 0.3) is 5.69 Å². The van der Waals surface area contributed by atoms with Crippen molar-refractivity contribution in [2.24, 2.45) is 5.92 Å². The molecule has 1 aromatic carbocycles. The molecule has 8 heteroatoms. The van der Waals surface area contributed by atoms with Crippen LogP contribution in [0.5, 0.6) is 0 Å². The Balaban J connectivity index is 1.74. The molecular formula is C16H17ClN4O3. The van der Waals surface area contributed by atoms with E-state index in [-0.39, 0.29) is 11.9 Å². The molecule has 24 heavy (non-hydrogen) atoms. The van der Waals surface area contributed by atoms with E-state index in [4.69, 9.17) is 16.7 Å². The molecule has 126 valence electrons. The third-order valence-electron chi connectivity index (χ3n) is 4.09. The molecule has 0 unspecified atom stereocenters. The maximum atomic E-state index is 12.5. The Morgan fingerprint density at radius 3 is 2.62 bits per heavy atom. The van der Waals surface area contributed by atoms with Crippen molar-refractivity contribution in [3.63, 3.8) is 0 Å². The lowest BCUT2D eigenvalue weighted by atomic mass is 9.97. The number of benzene rings is 1. The molecule has 1 aliphatic heterocycles. The Bertz CT molecular complexity index is 740. The van der Waals surface area contributed by atoms with Gasteiger partial charge in [0.2, 0.25) is 0 Å². The van der Waals surface area contributed by atoms with E-state index in [1.54, 1.807) is 46.2 Å². The van der Waals surface area contributed by atoms with Gasteiger partial charge in [-0.3, -0.25) is 4.79 Å². The van der Waals surface area contributed by atoms with Gasteiger partial charge in [0, 0.05) is 25.5 Å². The zero-order chi connectivity index (χ0) is 17.1. The van der Waals surface area contributed by atoms with E-state index < -0.39 is 5.97 Å². The molecule has 7 nitrogen and oxygen atoms in total. The lowest BCUT2D eigenvalue weighted by Crippen LogP contribution is -2.42. The average molecular weight is 349 g/mol. The Hall–Kier alpha value is -2.54. The normalized spacial score (nSPS) is 15.3. The average Bonchev–Trinajstić information content (AvgIpc) is 3.09. The van der Waals surface area contributed by atoms with E-state index in [2.05, 4.69) is 10.4 Å². The van der Waals surface area contributed by atoms with E-state index in [1.165, 1.54) is 0 Å². The number of carboxylic acid groups (broad SMARTS) is 1. The molecule has 2 N–H and O–H groups in total. The van der Waals surface area contributed by atoms with Crippen LogP contribution >= 0.6 is 11.6 Å². The number of carbonyl (C=O) groups is 2. The van der Waals surface area contributed by atoms with Crippen LogP contribution in [0.2, 0.25) is 5.02 Å². The molecule has 0 saturated carbocycles. The smallest absolute Gasteiger partial charge is 0.321 e. The zero-order valence-electron chi connectivity index (χ0n) is 12.9. The number of anilines is 1. The maximum Gasteiger partial charge on any atom is 0.321 e. The van der Waals surface area contributed by atoms with Crippen molar-refractivity contribution >= 4 is 29.3 Å². The fourth-order valence-electron chi connectivity index (χ4n) is 2.77. The second-order valence-corrected chi connectivity index (χ2v) is 6.02. The molecule has 1 saturated heterocycles. The summed E-state index contributed by atoms with van der Waals surface area (Å²) in [6.45, 7) is 0.834. The molecule has 2 heterocycles. The van der Waals surface area contributed by atoms with Gasteiger partial charge in [0.1, 0.15) is 5.69 Å². The molecule has 1 aliphatic rings. The van der Waals surface area contributed by atoms with Crippen molar-refractivity contribution in [3.05, 3.63) is 41.7 Å². The Kier molecular flexibility index (Phi) is 4.71. The molecule has 0 atom stereocenters. The minimum absolute atomic E-state index is 0.269. The first kappa shape index (κ1) is 16.3. The number of carboxylic acids is 1. The molecule has 0 bridgehead atoms. The number of nitrogens with zero attached hydrogens (tertiary/aromatic N) is 3. The van der Waals surface area contributed by atoms with Gasteiger partial charge in [0.15, 0.2) is 0 Å². The van der Waals surface area contributed by atoms with E-state index >= 15 is 0 Å². The molecule has 0 spiro atoms. The van der Waals surface area contributed by atoms with Gasteiger partial charge in [-0.1, -0.05) is 17.7 Å². The van der Waals surface area contributed by atoms with Crippen LogP contribution in [0.15, 0.2) is 36.7 Å². The van der Waals surface area contributed by atoms with Gasteiger partial charge in [-0.05, 0) is 31.0 Å². The third-order valence-corrected chi connectivity index (χ3v) is 4.40. The molecular weight excluding hydrogens is 332 g/mol. The largest absolute Gasteiger partial charge is 0.481 e. The number of amides is 2. The highest BCUT2D eigenvalue weighted by Gasteiger charge is 2.27. The second-order valence-electron chi connectivity index (χ2n) is 5.62. The van der Waals surface area contributed by atoms with Crippen LogP contribution in [0.4, 0.5) is 10.5 Å². The number of hydrogen-bond donors (Lipinski definition) is 2. The Morgan fingerprint density at radius 1 is 1.25 bits per heavy atom. The number of halogens is 1. The van der Waals surface area contributed by atoms with Crippen molar-refractivity contribution in [1.82, 2.24) is 14.7 Å². The first-order valence-electron chi connectivity index (χ1n) is 7.63. The number of hydrogen-bond acceptors (Lipinski definition) is 3. The van der Waals surface area contributed by atoms with Crippen molar-refractivity contribution in [3.8, 4) is 5.69 Å². The summed E-state index contributed by atoms with van der Waals surface area (Å²) in [6, 6.07) is 6.74. The molecule has 1 fully saturated rings. The summed E-state index contributed by atoms with van der Waals surface area (Å²) in [5.74, 6) is -1.18. The van der Waals surface area contributed by atoms with Crippen molar-refractivity contribution in [1.29, 1.82) is 0 Å². The zero-order valence-corrected chi connectivity index (χ0v) is 13.6. The van der Waals surface area contributed by atoms with Crippen LogP contribution in [-0.2, 0) is 4.79 Å². The topological polar surface area (TPSA) is 87.5 Å². The molecule has 2 aromatic rings. The van der Waals surface area contributed by atoms with Crippen LogP contribution in [0.3, 0.4) is 0 Å². The van der Waals surface area contributed by atoms with Crippen LogP contribution in [0.1, 0.15) is 12.8 Å². The number of piperidine rings is 1. The van der Waals surface area contributed by atoms with Gasteiger partial charge in [0.05, 0.1) is 16.6 Å². The monoisotopic (exact) mass is 348 g/mol. The highest BCUT2D eigenvalue weighted by molar-refractivity contribution is 6.33. The lowest BCUT2D eigenvalue weighted by molar-refractivity contribution is -0.143. The van der Waals surface area contributed by atoms with E-state index in [1.807, 2.05) is 0 Å². The van der Waals surface area contributed by atoms with E-state index in [9.17, 15) is 9.59 Å². The highest BCUT2D eigenvalue weighted by Crippen LogP contribution is 2.28. The highest BCUT2D eigenvalue weighted by atomic mass is 35.5. The van der Waals surface area contributed by atoms with Crippen molar-refractivity contribution in [2.75, 3.05) is 18.4 Å². The number of carbonyl (C=O) groups excluding carboxylic acids is 1. The van der Waals surface area contributed by atoms with Gasteiger partial charge in [-0.2, -0.15) is 5.10 Å². The number of rotatable bonds is 3. The first-order valence-corrected chi connectivity index (χ1v) is 8.01. The fraction of sp³-hybridized carbons (Fsp3) is 0.312. The summed E-state index contributed by atoms with van der Waals surface area (Å²) >= 11 is 6.25. The fourth-order valence-corrected chi connectivity index (χ4v) is 3.04. The third kappa shape index (κ3) is 3.35. The van der Waals surface area contributed by atoms with E-state index in [0.29, 0.717) is 42.3 Å². The van der Waals surface area contributed by atoms with Gasteiger partial charge in [-0.15, -0.1) is 0 Å². The Morgan fingerprint density at radius 2 is 2.00 bits per heavy atom. The molecule has 3 rings (SSSR count). The van der Waals surface area contributed by atoms with Crippen molar-refractivity contribution < 1.29 is 14.7 Å². The number of aromatic nitrogens is 2. The van der Waals surface area contributed by atoms with E-state index in [0.717, 1.165) is 0 Å². The maximum absolute atomic E-state index is 12.5. The SMILES string of the molecule is O=C(O)C1CCN(C(=O)Nc2cccc(Cl)c2-n2cccn2)CC1. The van der Waals surface area contributed by atoms with Gasteiger partial charge < -0.3 is 15.3 Å². The number of likely N-dealkylation sites (tertiary alicyclic amines) is 1. The van der Waals surface area contributed by atoms with Gasteiger partial charge >= 0.3 is 12.0 Å². The molecule has 1 aromatic heterocycles.